The van der Waals surface area contributed by atoms with Crippen molar-refractivity contribution < 1.29 is 37.3 Å². The molecular formula is C58H108N2O7P+. The Morgan fingerprint density at radius 2 is 0.956 bits per heavy atom. The summed E-state index contributed by atoms with van der Waals surface area (Å²) in [7, 11) is 1.48. The monoisotopic (exact) mass is 976 g/mol. The van der Waals surface area contributed by atoms with E-state index in [0.29, 0.717) is 17.4 Å². The molecule has 396 valence electrons. The molecule has 68 heavy (non-hydrogen) atoms. The van der Waals surface area contributed by atoms with Gasteiger partial charge in [-0.05, 0) is 76.7 Å². The predicted octanol–water partition coefficient (Wildman–Crippen LogP) is 16.7. The lowest BCUT2D eigenvalue weighted by atomic mass is 10.0. The maximum absolute atomic E-state index is 13.5. The number of unbranched alkanes of at least 4 members (excludes halogenated alkanes) is 28. The molecule has 9 nitrogen and oxygen atoms in total. The van der Waals surface area contributed by atoms with Crippen LogP contribution in [0.3, 0.4) is 0 Å². The first-order valence-corrected chi connectivity index (χ1v) is 29.6. The Bertz CT molecular complexity index is 1350. The molecule has 0 aromatic rings. The van der Waals surface area contributed by atoms with Gasteiger partial charge in [0.05, 0.1) is 33.8 Å². The maximum atomic E-state index is 13.5. The molecule has 0 fully saturated rings. The number of nitrogens with one attached hydrogen (secondary N) is 1. The number of allylic oxidation sites excluding steroid dienone is 9. The molecule has 3 unspecified atom stereocenters. The Morgan fingerprint density at radius 3 is 1.46 bits per heavy atom. The van der Waals surface area contributed by atoms with E-state index in [1.165, 1.54) is 122 Å². The number of hydrogen-bond acceptors (Lipinski definition) is 6. The van der Waals surface area contributed by atoms with E-state index in [-0.39, 0.29) is 31.5 Å². The third-order valence-corrected chi connectivity index (χ3v) is 13.2. The number of rotatable bonds is 50. The maximum Gasteiger partial charge on any atom is 0.472 e. The van der Waals surface area contributed by atoms with Crippen molar-refractivity contribution in [2.45, 2.75) is 258 Å². The molecule has 0 aliphatic heterocycles. The van der Waals surface area contributed by atoms with Crippen molar-refractivity contribution in [1.29, 1.82) is 0 Å². The smallest absolute Gasteiger partial charge is 0.456 e. The summed E-state index contributed by atoms with van der Waals surface area (Å²) in [4.78, 5) is 37.5. The summed E-state index contributed by atoms with van der Waals surface area (Å²) in [6.45, 7) is 6.86. The van der Waals surface area contributed by atoms with E-state index in [1.54, 1.807) is 0 Å². The van der Waals surface area contributed by atoms with Crippen LogP contribution in [-0.4, -0.2) is 74.3 Å². The van der Waals surface area contributed by atoms with Crippen LogP contribution < -0.4 is 5.32 Å². The minimum absolute atomic E-state index is 0.0342. The summed E-state index contributed by atoms with van der Waals surface area (Å²) in [6.07, 6.45) is 59.2. The van der Waals surface area contributed by atoms with Crippen LogP contribution in [0.25, 0.3) is 0 Å². The molecule has 1 amide bonds. The van der Waals surface area contributed by atoms with Gasteiger partial charge in [0.15, 0.2) is 0 Å². The standard InChI is InChI=1S/C58H107N2O7P/c1-7-10-13-16-19-22-25-28-30-33-36-39-42-45-48-51-58(62)67-56(49-46-43-40-37-34-31-27-24-21-18-15-12-9-3)55(54-66-68(63,64)65-53-52-60(4,5)6)59-57(61)50-47-44-41-38-35-32-29-26-23-20-17-14-11-8-2/h10,13,16,19,22,25,32,35,46,49,55-56H,7-9,11-12,14-15,17-18,20-21,23-24,26-31,33-34,36-45,47-48,50-54H2,1-6H3,(H-,59,61,63,64)/p+1/b13-10+,19-16+,25-22+,35-32-,49-46+. The van der Waals surface area contributed by atoms with Gasteiger partial charge in [0.25, 0.3) is 0 Å². The zero-order chi connectivity index (χ0) is 50.1. The van der Waals surface area contributed by atoms with Crippen LogP contribution in [0, 0.1) is 0 Å². The summed E-state index contributed by atoms with van der Waals surface area (Å²) < 4.78 is 30.6. The lowest BCUT2D eigenvalue weighted by molar-refractivity contribution is -0.870. The fraction of sp³-hybridized carbons (Fsp3) is 0.793. The summed E-state index contributed by atoms with van der Waals surface area (Å²) in [5, 5.41) is 3.03. The highest BCUT2D eigenvalue weighted by atomic mass is 31.2. The van der Waals surface area contributed by atoms with E-state index in [0.717, 1.165) is 89.9 Å². The molecule has 0 saturated carbocycles. The summed E-state index contributed by atoms with van der Waals surface area (Å²) >= 11 is 0. The zero-order valence-corrected chi connectivity index (χ0v) is 46.0. The highest BCUT2D eigenvalue weighted by Gasteiger charge is 2.30. The summed E-state index contributed by atoms with van der Waals surface area (Å²) in [5.41, 5.74) is 0. The predicted molar refractivity (Wildman–Crippen MR) is 291 cm³/mol. The minimum Gasteiger partial charge on any atom is -0.456 e. The fourth-order valence-electron chi connectivity index (χ4n) is 7.88. The van der Waals surface area contributed by atoms with Crippen molar-refractivity contribution in [2.75, 3.05) is 40.9 Å². The molecule has 0 bridgehead atoms. The first-order valence-electron chi connectivity index (χ1n) is 28.1. The molecule has 0 radical (unpaired) electrons. The number of phosphoric ester groups is 1. The van der Waals surface area contributed by atoms with E-state index >= 15 is 0 Å². The zero-order valence-electron chi connectivity index (χ0n) is 45.1. The molecular weight excluding hydrogens is 868 g/mol. The van der Waals surface area contributed by atoms with E-state index in [2.05, 4.69) is 74.7 Å². The van der Waals surface area contributed by atoms with Crippen molar-refractivity contribution in [3.8, 4) is 0 Å². The third-order valence-electron chi connectivity index (χ3n) is 12.3. The van der Waals surface area contributed by atoms with Crippen molar-refractivity contribution in [2.24, 2.45) is 0 Å². The van der Waals surface area contributed by atoms with Gasteiger partial charge in [0.2, 0.25) is 5.91 Å². The van der Waals surface area contributed by atoms with Crippen molar-refractivity contribution in [3.63, 3.8) is 0 Å². The van der Waals surface area contributed by atoms with Gasteiger partial charge in [-0.1, -0.05) is 217 Å². The Labute approximate surface area is 420 Å². The van der Waals surface area contributed by atoms with Gasteiger partial charge in [0, 0.05) is 12.8 Å². The number of ether oxygens (including phenoxy) is 1. The van der Waals surface area contributed by atoms with Gasteiger partial charge in [-0.15, -0.1) is 0 Å². The van der Waals surface area contributed by atoms with Crippen LogP contribution in [0.15, 0.2) is 60.8 Å². The normalized spacial score (nSPS) is 14.3. The average molecular weight is 976 g/mol. The highest BCUT2D eigenvalue weighted by Crippen LogP contribution is 2.43. The molecule has 0 spiro atoms. The largest absolute Gasteiger partial charge is 0.472 e. The topological polar surface area (TPSA) is 111 Å². The number of quaternary nitrogens is 1. The number of carbonyl (C=O) groups excluding carboxylic acids is 2. The Kier molecular flexibility index (Phi) is 46.7. The highest BCUT2D eigenvalue weighted by molar-refractivity contribution is 7.47. The summed E-state index contributed by atoms with van der Waals surface area (Å²) in [6, 6.07) is -0.860. The first-order chi connectivity index (χ1) is 32.9. The minimum atomic E-state index is -4.45. The number of esters is 1. The van der Waals surface area contributed by atoms with Crippen LogP contribution >= 0.6 is 7.82 Å². The van der Waals surface area contributed by atoms with Gasteiger partial charge in [-0.2, -0.15) is 0 Å². The molecule has 3 atom stereocenters. The summed E-state index contributed by atoms with van der Waals surface area (Å²) in [5.74, 6) is -0.537. The number of amides is 1. The Morgan fingerprint density at radius 1 is 0.529 bits per heavy atom. The lowest BCUT2D eigenvalue weighted by Crippen LogP contribution is -2.47. The number of hydrogen-bond donors (Lipinski definition) is 2. The van der Waals surface area contributed by atoms with Crippen molar-refractivity contribution >= 4 is 19.7 Å². The molecule has 0 saturated heterocycles. The van der Waals surface area contributed by atoms with Crippen molar-refractivity contribution in [3.05, 3.63) is 60.8 Å². The lowest BCUT2D eigenvalue weighted by Gasteiger charge is -2.27. The quantitative estimate of drug-likeness (QED) is 0.0156. The third kappa shape index (κ3) is 48.7. The molecule has 2 N–H and O–H groups in total. The Hall–Kier alpha value is -2.29. The van der Waals surface area contributed by atoms with Gasteiger partial charge in [-0.3, -0.25) is 18.6 Å². The second-order valence-electron chi connectivity index (χ2n) is 20.1. The van der Waals surface area contributed by atoms with E-state index in [1.807, 2.05) is 33.3 Å². The van der Waals surface area contributed by atoms with Gasteiger partial charge < -0.3 is 19.4 Å². The number of nitrogens with zero attached hydrogens (tertiary/aromatic N) is 1. The second kappa shape index (κ2) is 48.3. The van der Waals surface area contributed by atoms with Crippen LogP contribution in [0.4, 0.5) is 0 Å². The van der Waals surface area contributed by atoms with Gasteiger partial charge >= 0.3 is 13.8 Å². The molecule has 10 heteroatoms. The SMILES string of the molecule is CC/C=C/C=C/C=C/CCCCCCCCCC(=O)OC(/C=C/CCCCCCCCCCCCC)C(COP(=O)(O)OCC[N+](C)(C)C)NC(=O)CCCCC/C=C\CCCCCCCCC. The second-order valence-corrected chi connectivity index (χ2v) is 21.6. The van der Waals surface area contributed by atoms with E-state index < -0.39 is 20.0 Å². The number of carbonyl (C=O) groups is 2. The van der Waals surface area contributed by atoms with Gasteiger partial charge in [0.1, 0.15) is 19.3 Å². The Balaban J connectivity index is 5.43. The van der Waals surface area contributed by atoms with Crippen LogP contribution in [0.2, 0.25) is 0 Å². The molecule has 0 aromatic carbocycles. The molecule has 0 rings (SSSR count). The molecule has 0 aliphatic carbocycles. The van der Waals surface area contributed by atoms with Crippen LogP contribution in [0.5, 0.6) is 0 Å². The number of phosphoric acid groups is 1. The number of likely N-dealkylation sites (N-methyl/N-ethyl adjacent to an activating group) is 1. The molecule has 0 aliphatic rings. The fourth-order valence-corrected chi connectivity index (χ4v) is 8.61. The average Bonchev–Trinajstić information content (AvgIpc) is 3.29. The van der Waals surface area contributed by atoms with Crippen molar-refractivity contribution in [1.82, 2.24) is 5.32 Å². The first kappa shape index (κ1) is 65.7. The van der Waals surface area contributed by atoms with Crippen LogP contribution in [-0.2, 0) is 27.9 Å². The van der Waals surface area contributed by atoms with Gasteiger partial charge in [-0.25, -0.2) is 4.57 Å². The van der Waals surface area contributed by atoms with Crippen LogP contribution in [0.1, 0.15) is 245 Å². The van der Waals surface area contributed by atoms with E-state index in [4.69, 9.17) is 13.8 Å². The van der Waals surface area contributed by atoms with E-state index in [9.17, 15) is 19.0 Å². The molecule has 0 aromatic heterocycles. The molecule has 0 heterocycles.